The zero-order chi connectivity index (χ0) is 29.5. The van der Waals surface area contributed by atoms with Crippen LogP contribution in [0.2, 0.25) is 0 Å². The molecule has 2 amide bonds. The van der Waals surface area contributed by atoms with Gasteiger partial charge in [-0.15, -0.1) is 10.2 Å². The average Bonchev–Trinajstić information content (AvgIpc) is 3.39. The van der Waals surface area contributed by atoms with Crippen LogP contribution in [0.3, 0.4) is 0 Å². The van der Waals surface area contributed by atoms with Crippen LogP contribution in [0.15, 0.2) is 71.3 Å². The van der Waals surface area contributed by atoms with Gasteiger partial charge in [-0.05, 0) is 73.2 Å². The van der Waals surface area contributed by atoms with Gasteiger partial charge in [-0.1, -0.05) is 30.3 Å². The highest BCUT2D eigenvalue weighted by molar-refractivity contribution is 5.96. The predicted molar refractivity (Wildman–Crippen MR) is 155 cm³/mol. The smallest absolute Gasteiger partial charge is 0.272 e. The number of anilines is 1. The van der Waals surface area contributed by atoms with Crippen LogP contribution in [0.5, 0.6) is 0 Å². The lowest BCUT2D eigenvalue weighted by molar-refractivity contribution is -0.117. The number of amides is 2. The minimum Gasteiger partial charge on any atom is -0.436 e. The Kier molecular flexibility index (Phi) is 6.88. The molecule has 2 aliphatic rings. The number of aromatic nitrogens is 6. The summed E-state index contributed by atoms with van der Waals surface area (Å²) in [6, 6.07) is 18.6. The van der Waals surface area contributed by atoms with Crippen LogP contribution in [-0.4, -0.2) is 66.2 Å². The van der Waals surface area contributed by atoms with E-state index < -0.39 is 12.1 Å². The van der Waals surface area contributed by atoms with Gasteiger partial charge in [0, 0.05) is 30.5 Å². The van der Waals surface area contributed by atoms with Crippen LogP contribution in [-0.2, 0) is 4.79 Å². The Morgan fingerprint density at radius 1 is 1.07 bits per heavy atom. The molecule has 1 unspecified atom stereocenters. The van der Waals surface area contributed by atoms with E-state index in [-0.39, 0.29) is 30.2 Å². The Morgan fingerprint density at radius 3 is 2.58 bits per heavy atom. The third-order valence-corrected chi connectivity index (χ3v) is 8.12. The van der Waals surface area contributed by atoms with Gasteiger partial charge in [-0.2, -0.15) is 4.80 Å². The van der Waals surface area contributed by atoms with Crippen molar-refractivity contribution in [2.24, 2.45) is 11.8 Å². The molecule has 2 aromatic carbocycles. The first kappa shape index (κ1) is 26.9. The van der Waals surface area contributed by atoms with Crippen molar-refractivity contribution >= 4 is 28.6 Å². The molecule has 12 heteroatoms. The molecule has 0 bridgehead atoms. The van der Waals surface area contributed by atoms with Crippen molar-refractivity contribution in [3.8, 4) is 11.5 Å². The Hall–Kier alpha value is -5.00. The van der Waals surface area contributed by atoms with E-state index in [2.05, 4.69) is 42.8 Å². The summed E-state index contributed by atoms with van der Waals surface area (Å²) in [5.41, 5.74) is 3.63. The van der Waals surface area contributed by atoms with E-state index in [9.17, 15) is 14.0 Å². The molecule has 0 spiro atoms. The zero-order valence-corrected chi connectivity index (χ0v) is 23.4. The minimum atomic E-state index is -1.06. The summed E-state index contributed by atoms with van der Waals surface area (Å²) < 4.78 is 19.2. The quantitative estimate of drug-likeness (QED) is 0.295. The SMILES string of the molecule is Cc1nnn(C(c2ccccc2)C2CCN(C(=O)c3cc(-c4nc5cc(NC(=O)[C@H]6C[C@@H]6F)ccc5o4)ccn3)CC2)n1. The molecule has 2 fully saturated rings. The maximum absolute atomic E-state index is 13.5. The molecule has 7 rings (SSSR count). The van der Waals surface area contributed by atoms with E-state index >= 15 is 0 Å². The topological polar surface area (TPSA) is 132 Å². The fraction of sp³-hybridized carbons (Fsp3) is 0.323. The molecule has 1 saturated carbocycles. The Morgan fingerprint density at radius 2 is 1.86 bits per heavy atom. The van der Waals surface area contributed by atoms with Gasteiger partial charge in [-0.25, -0.2) is 9.37 Å². The van der Waals surface area contributed by atoms with E-state index in [1.54, 1.807) is 41.3 Å². The molecular formula is C31H29FN8O3. The molecular weight excluding hydrogens is 551 g/mol. The molecule has 3 aromatic heterocycles. The van der Waals surface area contributed by atoms with Crippen molar-refractivity contribution < 1.29 is 18.4 Å². The number of pyridine rings is 1. The number of alkyl halides is 1. The number of rotatable bonds is 7. The lowest BCUT2D eigenvalue weighted by Gasteiger charge is -2.35. The molecule has 4 heterocycles. The number of likely N-dealkylation sites (tertiary alicyclic amines) is 1. The molecule has 1 saturated heterocycles. The molecule has 1 N–H and O–H groups in total. The second-order valence-corrected chi connectivity index (χ2v) is 11.1. The van der Waals surface area contributed by atoms with Crippen LogP contribution in [0.1, 0.15) is 47.2 Å². The van der Waals surface area contributed by atoms with Crippen LogP contribution in [0.4, 0.5) is 10.1 Å². The molecule has 3 atom stereocenters. The van der Waals surface area contributed by atoms with Gasteiger partial charge in [0.1, 0.15) is 23.4 Å². The summed E-state index contributed by atoms with van der Waals surface area (Å²) in [5, 5.41) is 15.6. The van der Waals surface area contributed by atoms with Crippen LogP contribution in [0, 0.1) is 18.8 Å². The van der Waals surface area contributed by atoms with Gasteiger partial charge in [0.2, 0.25) is 11.8 Å². The van der Waals surface area contributed by atoms with E-state index in [0.717, 1.165) is 18.4 Å². The van der Waals surface area contributed by atoms with E-state index in [4.69, 9.17) is 4.42 Å². The fourth-order valence-corrected chi connectivity index (χ4v) is 5.72. The number of carbonyl (C=O) groups is 2. The number of piperidine rings is 1. The van der Waals surface area contributed by atoms with Crippen molar-refractivity contribution in [2.75, 3.05) is 18.4 Å². The van der Waals surface area contributed by atoms with Gasteiger partial charge in [-0.3, -0.25) is 14.6 Å². The number of fused-ring (bicyclic) bond motifs is 1. The molecule has 218 valence electrons. The summed E-state index contributed by atoms with van der Waals surface area (Å²) in [4.78, 5) is 38.1. The van der Waals surface area contributed by atoms with Gasteiger partial charge in [0.15, 0.2) is 11.4 Å². The molecule has 43 heavy (non-hydrogen) atoms. The number of tetrazole rings is 1. The third-order valence-electron chi connectivity index (χ3n) is 8.12. The summed E-state index contributed by atoms with van der Waals surface area (Å²) in [7, 11) is 0. The number of halogens is 1. The lowest BCUT2D eigenvalue weighted by Crippen LogP contribution is -2.41. The lowest BCUT2D eigenvalue weighted by atomic mass is 9.85. The molecule has 11 nitrogen and oxygen atoms in total. The Bertz CT molecular complexity index is 1800. The van der Waals surface area contributed by atoms with Crippen molar-refractivity contribution in [2.45, 2.75) is 38.4 Å². The summed E-state index contributed by atoms with van der Waals surface area (Å²) in [5.74, 6) is 0.117. The average molecular weight is 581 g/mol. The standard InChI is InChI=1S/C31H29FN8O3/c1-18-36-38-40(37-18)28(19-5-3-2-4-6-19)20-10-13-39(14-11-20)31(42)26-15-21(9-12-33-26)30-35-25-16-22(7-8-27(25)43-30)34-29(41)23-17-24(23)32/h2-9,12,15-16,20,23-24,28H,10-11,13-14,17H2,1H3,(H,34,41)/t23-,24-,28?/m0/s1. The molecule has 5 aromatic rings. The summed E-state index contributed by atoms with van der Waals surface area (Å²) in [6.07, 6.45) is 2.33. The summed E-state index contributed by atoms with van der Waals surface area (Å²) >= 11 is 0. The molecule has 1 aliphatic heterocycles. The number of aryl methyl sites for hydroxylation is 1. The largest absolute Gasteiger partial charge is 0.436 e. The highest BCUT2D eigenvalue weighted by Crippen LogP contribution is 2.36. The highest BCUT2D eigenvalue weighted by Gasteiger charge is 2.43. The number of oxazole rings is 1. The first-order valence-electron chi connectivity index (χ1n) is 14.4. The van der Waals surface area contributed by atoms with Crippen LogP contribution < -0.4 is 5.32 Å². The maximum atomic E-state index is 13.5. The van der Waals surface area contributed by atoms with Crippen molar-refractivity contribution in [1.82, 2.24) is 35.1 Å². The first-order chi connectivity index (χ1) is 20.9. The monoisotopic (exact) mass is 580 g/mol. The fourth-order valence-electron chi connectivity index (χ4n) is 5.72. The summed E-state index contributed by atoms with van der Waals surface area (Å²) in [6.45, 7) is 2.98. The molecule has 1 aliphatic carbocycles. The minimum absolute atomic E-state index is 0.0663. The predicted octanol–water partition coefficient (Wildman–Crippen LogP) is 4.62. The van der Waals surface area contributed by atoms with E-state index in [1.807, 2.05) is 30.0 Å². The van der Waals surface area contributed by atoms with Crippen LogP contribution in [0.25, 0.3) is 22.6 Å². The maximum Gasteiger partial charge on any atom is 0.272 e. The second kappa shape index (κ2) is 11.0. The number of nitrogens with zero attached hydrogens (tertiary/aromatic N) is 7. The number of benzene rings is 2. The van der Waals surface area contributed by atoms with Crippen molar-refractivity contribution in [1.29, 1.82) is 0 Å². The zero-order valence-electron chi connectivity index (χ0n) is 23.4. The first-order valence-corrected chi connectivity index (χ1v) is 14.4. The van der Waals surface area contributed by atoms with Gasteiger partial charge >= 0.3 is 0 Å². The van der Waals surface area contributed by atoms with E-state index in [0.29, 0.717) is 52.8 Å². The number of nitrogens with one attached hydrogen (secondary N) is 1. The third kappa shape index (κ3) is 5.47. The van der Waals surface area contributed by atoms with Crippen molar-refractivity contribution in [3.05, 3.63) is 83.9 Å². The van der Waals surface area contributed by atoms with Crippen molar-refractivity contribution in [3.63, 3.8) is 0 Å². The number of carbonyl (C=O) groups excluding carboxylic acids is 2. The normalized spacial score (nSPS) is 19.3. The molecule has 0 radical (unpaired) electrons. The van der Waals surface area contributed by atoms with E-state index in [1.165, 1.54) is 0 Å². The second-order valence-electron chi connectivity index (χ2n) is 11.1. The van der Waals surface area contributed by atoms with Crippen LogP contribution >= 0.6 is 0 Å². The highest BCUT2D eigenvalue weighted by atomic mass is 19.1. The van der Waals surface area contributed by atoms with Gasteiger partial charge in [0.25, 0.3) is 5.91 Å². The Balaban J connectivity index is 1.05. The van der Waals surface area contributed by atoms with Gasteiger partial charge < -0.3 is 14.6 Å². The van der Waals surface area contributed by atoms with Gasteiger partial charge in [0.05, 0.1) is 5.92 Å². The Labute approximate surface area is 246 Å². The number of hydrogen-bond donors (Lipinski definition) is 1. The number of hydrogen-bond acceptors (Lipinski definition) is 8.